The van der Waals surface area contributed by atoms with Crippen LogP contribution in [0.3, 0.4) is 0 Å². The number of fused-ring (bicyclic) bond motifs is 3. The lowest BCUT2D eigenvalue weighted by Crippen LogP contribution is -2.69. The maximum atomic E-state index is 14.7. The lowest BCUT2D eigenvalue weighted by molar-refractivity contribution is -0.178. The van der Waals surface area contributed by atoms with E-state index in [-0.39, 0.29) is 41.6 Å². The number of phenols is 1. The highest BCUT2D eigenvalue weighted by atomic mass is 16.3. The highest BCUT2D eigenvalue weighted by Crippen LogP contribution is 2.65. The van der Waals surface area contributed by atoms with Gasteiger partial charge in [0, 0.05) is 27.9 Å². The molecular formula is C41H54O7. The fourth-order valence-corrected chi connectivity index (χ4v) is 9.65. The van der Waals surface area contributed by atoms with Crippen LogP contribution in [0, 0.1) is 34.5 Å². The van der Waals surface area contributed by atoms with E-state index >= 15 is 0 Å². The lowest BCUT2D eigenvalue weighted by Gasteiger charge is -2.60. The van der Waals surface area contributed by atoms with Gasteiger partial charge in [0.05, 0.1) is 5.56 Å². The van der Waals surface area contributed by atoms with Gasteiger partial charge in [0.1, 0.15) is 22.8 Å². The first kappa shape index (κ1) is 35.8. The molecule has 4 aliphatic rings. The second kappa shape index (κ2) is 12.2. The summed E-state index contributed by atoms with van der Waals surface area (Å²) in [7, 11) is 0. The number of benzene rings is 1. The van der Waals surface area contributed by atoms with Crippen LogP contribution in [0.25, 0.3) is 11.3 Å². The molecule has 1 saturated carbocycles. The van der Waals surface area contributed by atoms with E-state index in [4.69, 9.17) is 0 Å². The van der Waals surface area contributed by atoms with Gasteiger partial charge < -0.3 is 20.4 Å². The molecule has 0 radical (unpaired) electrons. The van der Waals surface area contributed by atoms with E-state index < -0.39 is 56.8 Å². The van der Waals surface area contributed by atoms with Gasteiger partial charge in [0.2, 0.25) is 5.78 Å². The summed E-state index contributed by atoms with van der Waals surface area (Å²) in [6.07, 6.45) is 8.49. The maximum Gasteiger partial charge on any atom is 0.203 e. The summed E-state index contributed by atoms with van der Waals surface area (Å²) in [6.45, 7) is 19.1. The average molecular weight is 659 g/mol. The Bertz CT molecular complexity index is 1720. The number of allylic oxidation sites excluding steroid dienone is 5. The zero-order valence-electron chi connectivity index (χ0n) is 30.4. The minimum absolute atomic E-state index is 0.0260. The number of hydrogen-bond donors (Lipinski definition) is 4. The van der Waals surface area contributed by atoms with Crippen LogP contribution < -0.4 is 0 Å². The van der Waals surface area contributed by atoms with E-state index in [9.17, 15) is 34.8 Å². The molecule has 2 unspecified atom stereocenters. The first-order valence-electron chi connectivity index (χ1n) is 17.7. The molecule has 48 heavy (non-hydrogen) atoms. The number of aromatic hydroxyl groups is 1. The van der Waals surface area contributed by atoms with E-state index in [0.29, 0.717) is 23.8 Å². The molecule has 1 fully saturated rings. The molecule has 7 heteroatoms. The molecule has 0 saturated heterocycles. The Morgan fingerprint density at radius 1 is 0.979 bits per heavy atom. The Morgan fingerprint density at radius 3 is 2.19 bits per heavy atom. The number of aliphatic hydroxyl groups excluding tert-OH is 2. The number of ketones is 3. The average Bonchev–Trinajstić information content (AvgIpc) is 3.41. The van der Waals surface area contributed by atoms with Crippen LogP contribution in [0.4, 0.5) is 0 Å². The summed E-state index contributed by atoms with van der Waals surface area (Å²) < 4.78 is 0. The van der Waals surface area contributed by atoms with Crippen LogP contribution in [0.2, 0.25) is 0 Å². The van der Waals surface area contributed by atoms with Crippen molar-refractivity contribution < 1.29 is 34.8 Å². The Morgan fingerprint density at radius 2 is 1.62 bits per heavy atom. The van der Waals surface area contributed by atoms with E-state index in [2.05, 4.69) is 40.7 Å². The largest absolute Gasteiger partial charge is 0.508 e. The Hall–Kier alpha value is -3.45. The Kier molecular flexibility index (Phi) is 9.08. The smallest absolute Gasteiger partial charge is 0.203 e. The summed E-state index contributed by atoms with van der Waals surface area (Å²) in [4.78, 5) is 41.2. The van der Waals surface area contributed by atoms with Crippen LogP contribution in [-0.4, -0.2) is 43.4 Å². The minimum atomic E-state index is -2.62. The Labute approximate surface area is 285 Å². The number of hydrogen-bond acceptors (Lipinski definition) is 7. The van der Waals surface area contributed by atoms with Gasteiger partial charge in [-0.3, -0.25) is 14.4 Å². The van der Waals surface area contributed by atoms with Crippen LogP contribution in [-0.2, 0) is 20.8 Å². The molecule has 1 aromatic carbocycles. The van der Waals surface area contributed by atoms with Crippen molar-refractivity contribution >= 4 is 28.7 Å². The van der Waals surface area contributed by atoms with Crippen molar-refractivity contribution in [1.82, 2.24) is 0 Å². The quantitative estimate of drug-likeness (QED) is 0.196. The third kappa shape index (κ3) is 5.23. The topological polar surface area (TPSA) is 132 Å². The molecule has 0 aromatic heterocycles. The molecule has 0 heterocycles. The third-order valence-electron chi connectivity index (χ3n) is 11.8. The highest BCUT2D eigenvalue weighted by Gasteiger charge is 2.72. The van der Waals surface area contributed by atoms with Crippen molar-refractivity contribution in [3.8, 4) is 5.75 Å². The molecule has 4 aliphatic carbocycles. The molecule has 7 nitrogen and oxygen atoms in total. The van der Waals surface area contributed by atoms with Crippen molar-refractivity contribution in [1.29, 1.82) is 0 Å². The normalized spacial score (nSPS) is 29.3. The fourth-order valence-electron chi connectivity index (χ4n) is 9.65. The first-order valence-corrected chi connectivity index (χ1v) is 17.7. The summed E-state index contributed by atoms with van der Waals surface area (Å²) >= 11 is 0. The molecule has 260 valence electrons. The number of aliphatic hydroxyl groups is 3. The van der Waals surface area contributed by atoms with E-state index in [1.807, 2.05) is 19.1 Å². The SMILES string of the molecule is CC(=O)C1=C(O)[C@]2(O)C(=O)C3=C(O)c4c(O)c(C5=CC=C(CC(C)CCC(C)C)C5)cc(C(C)C)c4C[C@]3(C)C[C@]2(C)C(C(C)C)C1=O. The second-order valence-corrected chi connectivity index (χ2v) is 16.8. The molecule has 1 aromatic rings. The number of rotatable bonds is 9. The summed E-state index contributed by atoms with van der Waals surface area (Å²) in [5.74, 6) is -3.83. The molecule has 0 amide bonds. The zero-order valence-corrected chi connectivity index (χ0v) is 30.4. The van der Waals surface area contributed by atoms with Crippen molar-refractivity contribution in [2.75, 3.05) is 0 Å². The minimum Gasteiger partial charge on any atom is -0.508 e. The number of carbonyl (C=O) groups excluding carboxylic acids is 3. The molecule has 5 atom stereocenters. The monoisotopic (exact) mass is 658 g/mol. The predicted molar refractivity (Wildman–Crippen MR) is 188 cm³/mol. The van der Waals surface area contributed by atoms with Crippen molar-refractivity contribution in [2.24, 2.45) is 34.5 Å². The van der Waals surface area contributed by atoms with Crippen molar-refractivity contribution in [2.45, 2.75) is 119 Å². The van der Waals surface area contributed by atoms with Gasteiger partial charge in [0.25, 0.3) is 0 Å². The summed E-state index contributed by atoms with van der Waals surface area (Å²) in [5.41, 5.74) is -1.11. The van der Waals surface area contributed by atoms with E-state index in [1.165, 1.54) is 12.0 Å². The van der Waals surface area contributed by atoms with Gasteiger partial charge in [-0.15, -0.1) is 0 Å². The van der Waals surface area contributed by atoms with Gasteiger partial charge >= 0.3 is 0 Å². The second-order valence-electron chi connectivity index (χ2n) is 16.8. The van der Waals surface area contributed by atoms with Crippen LogP contribution in [0.1, 0.15) is 130 Å². The predicted octanol–water partition coefficient (Wildman–Crippen LogP) is 8.49. The number of phenolic OH excluding ortho intramolecular Hbond substituents is 1. The van der Waals surface area contributed by atoms with Gasteiger partial charge in [-0.1, -0.05) is 92.9 Å². The van der Waals surface area contributed by atoms with Gasteiger partial charge in [-0.25, -0.2) is 0 Å². The molecule has 4 N–H and O–H groups in total. The highest BCUT2D eigenvalue weighted by molar-refractivity contribution is 6.24. The fraction of sp³-hybridized carbons (Fsp3) is 0.585. The molecular weight excluding hydrogens is 604 g/mol. The third-order valence-corrected chi connectivity index (χ3v) is 11.8. The summed E-state index contributed by atoms with van der Waals surface area (Å²) in [6, 6.07) is 2.02. The number of Topliss-reactive ketones (excluding diaryl/α,β-unsaturated/α-hetero) is 3. The molecule has 0 bridgehead atoms. The molecule has 0 aliphatic heterocycles. The summed E-state index contributed by atoms with van der Waals surface area (Å²) in [5, 5.41) is 47.9. The zero-order chi connectivity index (χ0) is 35.8. The maximum absolute atomic E-state index is 14.7. The standard InChI is InChI=1S/C41H54O7/c1-20(2)11-12-23(7)15-25-13-14-26(16-25)28-17-27(21(3)4)29-18-39(9)19-40(10)32(22(5)6)35(44)30(24(8)42)37(46)41(40,48)38(47)33(39)36(45)31(29)34(28)43/h13-14,17,20-23,32,43,45-46,48H,11-12,15-16,18-19H2,1-10H3/t23?,32?,39-,40-,41+/m1/s1. The Balaban J connectivity index is 1.65. The molecule has 0 spiro atoms. The van der Waals surface area contributed by atoms with Crippen LogP contribution >= 0.6 is 0 Å². The van der Waals surface area contributed by atoms with E-state index in [0.717, 1.165) is 36.5 Å². The van der Waals surface area contributed by atoms with Gasteiger partial charge in [-0.05, 0) is 79.0 Å². The van der Waals surface area contributed by atoms with Gasteiger partial charge in [0.15, 0.2) is 17.2 Å². The van der Waals surface area contributed by atoms with Crippen LogP contribution in [0.15, 0.2) is 40.7 Å². The lowest BCUT2D eigenvalue weighted by atomic mass is 9.43. The van der Waals surface area contributed by atoms with Crippen molar-refractivity contribution in [3.05, 3.63) is 63.0 Å². The van der Waals surface area contributed by atoms with Crippen molar-refractivity contribution in [3.63, 3.8) is 0 Å². The molecule has 5 rings (SSSR count). The van der Waals surface area contributed by atoms with Gasteiger partial charge in [-0.2, -0.15) is 0 Å². The van der Waals surface area contributed by atoms with Crippen LogP contribution in [0.5, 0.6) is 5.75 Å². The number of carbonyl (C=O) groups is 3. The first-order chi connectivity index (χ1) is 22.2. The van der Waals surface area contributed by atoms with E-state index in [1.54, 1.807) is 20.8 Å².